The van der Waals surface area contributed by atoms with Crippen molar-refractivity contribution >= 4 is 37.1 Å². The van der Waals surface area contributed by atoms with Gasteiger partial charge in [0.25, 0.3) is 5.91 Å². The highest BCUT2D eigenvalue weighted by atomic mass is 32.2. The summed E-state index contributed by atoms with van der Waals surface area (Å²) in [5.41, 5.74) is 3.90. The second-order valence-electron chi connectivity index (χ2n) is 9.48. The molecule has 0 spiro atoms. The highest BCUT2D eigenvalue weighted by Crippen LogP contribution is 2.33. The molecule has 35 heavy (non-hydrogen) atoms. The van der Waals surface area contributed by atoms with Gasteiger partial charge >= 0.3 is 0 Å². The molecule has 0 unspecified atom stereocenters. The van der Waals surface area contributed by atoms with Gasteiger partial charge in [-0.15, -0.1) is 0 Å². The van der Waals surface area contributed by atoms with E-state index >= 15 is 0 Å². The minimum absolute atomic E-state index is 0.0329. The molecule has 4 rings (SSSR count). The molecular weight excluding hydrogens is 486 g/mol. The van der Waals surface area contributed by atoms with Gasteiger partial charge in [0.1, 0.15) is 0 Å². The molecule has 1 atom stereocenters. The number of sulfone groups is 1. The molecule has 0 saturated carbocycles. The number of aryl methyl sites for hydroxylation is 2. The van der Waals surface area contributed by atoms with Gasteiger partial charge in [-0.3, -0.25) is 9.10 Å². The van der Waals surface area contributed by atoms with E-state index in [1.807, 2.05) is 6.92 Å². The summed E-state index contributed by atoms with van der Waals surface area (Å²) in [6, 6.07) is 10.5. The summed E-state index contributed by atoms with van der Waals surface area (Å²) in [4.78, 5) is 17.2. The van der Waals surface area contributed by atoms with Crippen molar-refractivity contribution in [2.45, 2.75) is 44.6 Å². The minimum atomic E-state index is -3.77. The van der Waals surface area contributed by atoms with Crippen LogP contribution in [0.1, 0.15) is 41.3 Å². The third kappa shape index (κ3) is 5.04. The number of piperazine rings is 1. The maximum Gasteiger partial charge on any atom is 0.255 e. The van der Waals surface area contributed by atoms with E-state index in [4.69, 9.17) is 0 Å². The first-order valence-corrected chi connectivity index (χ1v) is 15.4. The Bertz CT molecular complexity index is 1350. The highest BCUT2D eigenvalue weighted by Gasteiger charge is 2.37. The van der Waals surface area contributed by atoms with E-state index in [9.17, 15) is 21.6 Å². The van der Waals surface area contributed by atoms with Crippen LogP contribution in [0, 0.1) is 13.8 Å². The van der Waals surface area contributed by atoms with Gasteiger partial charge in [-0.1, -0.05) is 24.6 Å². The van der Waals surface area contributed by atoms with Crippen molar-refractivity contribution in [3.8, 4) is 0 Å². The van der Waals surface area contributed by atoms with Gasteiger partial charge in [-0.2, -0.15) is 0 Å². The lowest BCUT2D eigenvalue weighted by Gasteiger charge is -2.37. The average molecular weight is 520 g/mol. The van der Waals surface area contributed by atoms with Crippen molar-refractivity contribution in [1.29, 1.82) is 0 Å². The Morgan fingerprint density at radius 2 is 1.71 bits per heavy atom. The number of amides is 1. The molecule has 190 valence electrons. The number of anilines is 2. The predicted molar refractivity (Wildman–Crippen MR) is 139 cm³/mol. The van der Waals surface area contributed by atoms with Crippen LogP contribution in [0.2, 0.25) is 0 Å². The fourth-order valence-electron chi connectivity index (χ4n) is 5.08. The minimum Gasteiger partial charge on any atom is -0.368 e. The fraction of sp³-hybridized carbons (Fsp3) is 0.480. The van der Waals surface area contributed by atoms with Crippen LogP contribution < -0.4 is 9.21 Å². The average Bonchev–Trinajstić information content (AvgIpc) is 3.12. The molecule has 0 radical (unpaired) electrons. The molecule has 2 aliphatic rings. The van der Waals surface area contributed by atoms with Crippen molar-refractivity contribution in [3.05, 3.63) is 53.1 Å². The van der Waals surface area contributed by atoms with Crippen molar-refractivity contribution in [1.82, 2.24) is 4.90 Å². The molecule has 2 fully saturated rings. The molecule has 2 heterocycles. The van der Waals surface area contributed by atoms with Crippen molar-refractivity contribution in [2.24, 2.45) is 0 Å². The van der Waals surface area contributed by atoms with Gasteiger partial charge in [-0.25, -0.2) is 16.8 Å². The van der Waals surface area contributed by atoms with Crippen LogP contribution in [-0.2, 0) is 19.9 Å². The van der Waals surface area contributed by atoms with E-state index in [1.165, 1.54) is 27.6 Å². The lowest BCUT2D eigenvalue weighted by atomic mass is 10.1. The monoisotopic (exact) mass is 519 g/mol. The summed E-state index contributed by atoms with van der Waals surface area (Å²) in [6.45, 7) is 8.26. The van der Waals surface area contributed by atoms with Crippen LogP contribution in [0.25, 0.3) is 0 Å². The zero-order chi connectivity index (χ0) is 25.5. The fourth-order valence-corrected chi connectivity index (χ4v) is 7.88. The number of benzene rings is 2. The molecule has 1 amide bonds. The first-order chi connectivity index (χ1) is 16.4. The summed E-state index contributed by atoms with van der Waals surface area (Å²) < 4.78 is 52.0. The van der Waals surface area contributed by atoms with E-state index in [0.717, 1.165) is 11.9 Å². The van der Waals surface area contributed by atoms with E-state index < -0.39 is 19.9 Å². The van der Waals surface area contributed by atoms with Gasteiger partial charge in [0.05, 0.1) is 21.9 Å². The second-order valence-corrected chi connectivity index (χ2v) is 13.4. The van der Waals surface area contributed by atoms with E-state index in [1.54, 1.807) is 11.0 Å². The number of hydrogen-bond acceptors (Lipinski definition) is 6. The Morgan fingerprint density at radius 1 is 1.03 bits per heavy atom. The quantitative estimate of drug-likeness (QED) is 0.603. The van der Waals surface area contributed by atoms with Gasteiger partial charge < -0.3 is 9.80 Å². The molecule has 2 saturated heterocycles. The lowest BCUT2D eigenvalue weighted by Crippen LogP contribution is -2.49. The third-order valence-electron chi connectivity index (χ3n) is 6.92. The number of carbonyl (C=O) groups is 1. The van der Waals surface area contributed by atoms with Crippen LogP contribution in [0.5, 0.6) is 0 Å². The largest absolute Gasteiger partial charge is 0.368 e. The maximum absolute atomic E-state index is 13.4. The Labute approximate surface area is 208 Å². The predicted octanol–water partition coefficient (Wildman–Crippen LogP) is 2.99. The highest BCUT2D eigenvalue weighted by molar-refractivity contribution is 7.93. The van der Waals surface area contributed by atoms with Crippen LogP contribution in [0.4, 0.5) is 11.4 Å². The number of sulfonamides is 1. The Morgan fingerprint density at radius 3 is 2.31 bits per heavy atom. The van der Waals surface area contributed by atoms with Crippen molar-refractivity contribution in [2.75, 3.05) is 47.4 Å². The Hall–Kier alpha value is -2.59. The topological polar surface area (TPSA) is 95.1 Å². The zero-order valence-electron chi connectivity index (χ0n) is 20.7. The molecule has 0 N–H and O–H groups in total. The van der Waals surface area contributed by atoms with Crippen molar-refractivity contribution in [3.63, 3.8) is 0 Å². The number of nitrogens with zero attached hydrogens (tertiary/aromatic N) is 3. The normalized spacial score (nSPS) is 20.3. The molecule has 2 aliphatic heterocycles. The molecule has 0 bridgehead atoms. The summed E-state index contributed by atoms with van der Waals surface area (Å²) >= 11 is 0. The first-order valence-electron chi connectivity index (χ1n) is 11.9. The maximum atomic E-state index is 13.4. The molecule has 8 nitrogen and oxygen atoms in total. The number of rotatable bonds is 5. The number of hydrogen-bond donors (Lipinski definition) is 0. The van der Waals surface area contributed by atoms with E-state index in [2.05, 4.69) is 36.9 Å². The van der Waals surface area contributed by atoms with Gasteiger partial charge in [0.15, 0.2) is 9.84 Å². The van der Waals surface area contributed by atoms with E-state index in [0.29, 0.717) is 44.7 Å². The van der Waals surface area contributed by atoms with Crippen LogP contribution >= 0.6 is 0 Å². The standard InChI is InChI=1S/C25H33N3O5S2/c1-5-20-10-15-35(32,33)28(20)21-7-8-22(24(17-21)34(4,30)31)25(29)27-13-11-26(12-14-27)23-9-6-18(2)16-19(23)3/h6-9,16-17,20H,5,10-15H2,1-4H3/t20-/m1/s1. The van der Waals surface area contributed by atoms with Gasteiger partial charge in [0.2, 0.25) is 10.0 Å². The molecule has 2 aromatic rings. The van der Waals surface area contributed by atoms with Gasteiger partial charge in [-0.05, 0) is 56.5 Å². The van der Waals surface area contributed by atoms with Crippen LogP contribution in [-0.4, -0.2) is 71.9 Å². The molecule has 2 aromatic carbocycles. The van der Waals surface area contributed by atoms with Crippen molar-refractivity contribution < 1.29 is 21.6 Å². The first kappa shape index (κ1) is 25.5. The summed E-state index contributed by atoms with van der Waals surface area (Å²) in [5, 5.41) is 0. The van der Waals surface area contributed by atoms with Crippen LogP contribution in [0.15, 0.2) is 41.3 Å². The zero-order valence-corrected chi connectivity index (χ0v) is 22.3. The number of carbonyl (C=O) groups excluding carboxylic acids is 1. The summed E-state index contributed by atoms with van der Waals surface area (Å²) in [7, 11) is -7.29. The molecule has 0 aromatic heterocycles. The van der Waals surface area contributed by atoms with E-state index in [-0.39, 0.29) is 28.2 Å². The van der Waals surface area contributed by atoms with Crippen LogP contribution in [0.3, 0.4) is 0 Å². The Kier molecular flexibility index (Phi) is 6.89. The lowest BCUT2D eigenvalue weighted by molar-refractivity contribution is 0.0743. The second kappa shape index (κ2) is 9.46. The van der Waals surface area contributed by atoms with Gasteiger partial charge in [0, 0.05) is 44.2 Å². The molecule has 0 aliphatic carbocycles. The molecule has 10 heteroatoms. The third-order valence-corrected chi connectivity index (χ3v) is 9.92. The molecular formula is C25H33N3O5S2. The summed E-state index contributed by atoms with van der Waals surface area (Å²) in [6.07, 6.45) is 2.17. The smallest absolute Gasteiger partial charge is 0.255 e. The summed E-state index contributed by atoms with van der Waals surface area (Å²) in [5.74, 6) is -0.320. The SMILES string of the molecule is CC[C@@H]1CCS(=O)(=O)N1c1ccc(C(=O)N2CCN(c3ccc(C)cc3C)CC2)c(S(C)(=O)=O)c1. The Balaban J connectivity index is 1.59.